The number of halogens is 1. The van der Waals surface area contributed by atoms with Crippen LogP contribution in [0, 0.1) is 0 Å². The molecule has 2 aromatic carbocycles. The van der Waals surface area contributed by atoms with E-state index in [0.29, 0.717) is 12.6 Å². The predicted octanol–water partition coefficient (Wildman–Crippen LogP) is 4.26. The van der Waals surface area contributed by atoms with Crippen LogP contribution in [-0.4, -0.2) is 60.9 Å². The van der Waals surface area contributed by atoms with E-state index in [4.69, 9.17) is 0 Å². The zero-order chi connectivity index (χ0) is 22.9. The Hall–Kier alpha value is -2.13. The molecule has 1 amide bonds. The number of benzene rings is 2. The van der Waals surface area contributed by atoms with Crippen LogP contribution in [0.3, 0.4) is 0 Å². The third-order valence-corrected chi connectivity index (χ3v) is 6.71. The van der Waals surface area contributed by atoms with Gasteiger partial charge < -0.3 is 15.5 Å². The molecular weight excluding hydrogens is 537 g/mol. The van der Waals surface area contributed by atoms with Crippen molar-refractivity contribution in [2.75, 3.05) is 33.2 Å². The first-order chi connectivity index (χ1) is 16.2. The van der Waals surface area contributed by atoms with Crippen molar-refractivity contribution in [1.29, 1.82) is 0 Å². The van der Waals surface area contributed by atoms with Crippen LogP contribution < -0.4 is 10.6 Å². The Morgan fingerprint density at radius 1 is 0.912 bits per heavy atom. The standard InChI is InChI=1S/C27H37N5O.HI/c1-28-27(30-25-14-18-31(19-15-25)21-23-8-4-2-5-9-23)29-20-22-10-12-24(13-11-22)26(33)32-16-6-3-7-17-32;/h2,4-5,8-13,25H,3,6-7,14-21H2,1H3,(H2,28,29,30);1H. The van der Waals surface area contributed by atoms with Crippen molar-refractivity contribution in [3.8, 4) is 0 Å². The van der Waals surface area contributed by atoms with Gasteiger partial charge in [-0.2, -0.15) is 0 Å². The maximum atomic E-state index is 12.6. The first-order valence-electron chi connectivity index (χ1n) is 12.3. The molecule has 0 aromatic heterocycles. The third-order valence-electron chi connectivity index (χ3n) is 6.71. The Labute approximate surface area is 221 Å². The van der Waals surface area contributed by atoms with Crippen molar-refractivity contribution in [1.82, 2.24) is 20.4 Å². The highest BCUT2D eigenvalue weighted by molar-refractivity contribution is 14.0. The van der Waals surface area contributed by atoms with E-state index >= 15 is 0 Å². The molecule has 0 radical (unpaired) electrons. The molecule has 0 unspecified atom stereocenters. The average molecular weight is 576 g/mol. The van der Waals surface area contributed by atoms with Gasteiger partial charge in [0.25, 0.3) is 5.91 Å². The van der Waals surface area contributed by atoms with Gasteiger partial charge in [-0.25, -0.2) is 0 Å². The van der Waals surface area contributed by atoms with Crippen LogP contribution in [0.5, 0.6) is 0 Å². The van der Waals surface area contributed by atoms with Gasteiger partial charge in [0.1, 0.15) is 0 Å². The van der Waals surface area contributed by atoms with E-state index in [9.17, 15) is 4.79 Å². The van der Waals surface area contributed by atoms with Crippen molar-refractivity contribution >= 4 is 35.8 Å². The Balaban J connectivity index is 0.00000324. The van der Waals surface area contributed by atoms with Gasteiger partial charge in [-0.15, -0.1) is 24.0 Å². The summed E-state index contributed by atoms with van der Waals surface area (Å²) in [5.74, 6) is 0.996. The van der Waals surface area contributed by atoms with Gasteiger partial charge >= 0.3 is 0 Å². The summed E-state index contributed by atoms with van der Waals surface area (Å²) >= 11 is 0. The lowest BCUT2D eigenvalue weighted by Gasteiger charge is -2.33. The number of piperidine rings is 2. The summed E-state index contributed by atoms with van der Waals surface area (Å²) in [5, 5.41) is 7.01. The molecule has 2 aliphatic rings. The maximum absolute atomic E-state index is 12.6. The molecule has 2 heterocycles. The van der Waals surface area contributed by atoms with Crippen molar-refractivity contribution in [3.63, 3.8) is 0 Å². The molecule has 2 aromatic rings. The van der Waals surface area contributed by atoms with Gasteiger partial charge in [0.2, 0.25) is 0 Å². The summed E-state index contributed by atoms with van der Waals surface area (Å²) in [4.78, 5) is 21.6. The summed E-state index contributed by atoms with van der Waals surface area (Å²) in [6.07, 6.45) is 5.69. The monoisotopic (exact) mass is 575 g/mol. The summed E-state index contributed by atoms with van der Waals surface area (Å²) in [6, 6.07) is 19.1. The molecule has 0 bridgehead atoms. The van der Waals surface area contributed by atoms with E-state index in [0.717, 1.165) is 75.5 Å². The van der Waals surface area contributed by atoms with Gasteiger partial charge in [-0.3, -0.25) is 14.7 Å². The number of nitrogens with zero attached hydrogens (tertiary/aromatic N) is 3. The minimum Gasteiger partial charge on any atom is -0.354 e. The third kappa shape index (κ3) is 7.70. The van der Waals surface area contributed by atoms with Gasteiger partial charge in [-0.05, 0) is 55.4 Å². The molecular formula is C27H38IN5O. The van der Waals surface area contributed by atoms with E-state index in [1.807, 2.05) is 36.2 Å². The maximum Gasteiger partial charge on any atom is 0.253 e. The van der Waals surface area contributed by atoms with E-state index in [-0.39, 0.29) is 29.9 Å². The molecule has 7 heteroatoms. The number of carbonyl (C=O) groups excluding carboxylic acids is 1. The highest BCUT2D eigenvalue weighted by Gasteiger charge is 2.20. The fraction of sp³-hybridized carbons (Fsp3) is 0.481. The normalized spacial score (nSPS) is 17.7. The molecule has 34 heavy (non-hydrogen) atoms. The second kappa shape index (κ2) is 13.7. The Morgan fingerprint density at radius 2 is 1.59 bits per heavy atom. The van der Waals surface area contributed by atoms with Crippen molar-refractivity contribution < 1.29 is 4.79 Å². The lowest BCUT2D eigenvalue weighted by molar-refractivity contribution is 0.0724. The minimum absolute atomic E-state index is 0. The van der Waals surface area contributed by atoms with Gasteiger partial charge in [0, 0.05) is 57.9 Å². The number of aliphatic imine (C=N–C) groups is 1. The van der Waals surface area contributed by atoms with Gasteiger partial charge in [-0.1, -0.05) is 42.5 Å². The number of hydrogen-bond donors (Lipinski definition) is 2. The first kappa shape index (κ1) is 26.5. The summed E-state index contributed by atoms with van der Waals surface area (Å²) in [7, 11) is 1.82. The lowest BCUT2D eigenvalue weighted by Crippen LogP contribution is -2.48. The molecule has 2 aliphatic heterocycles. The molecule has 2 N–H and O–H groups in total. The smallest absolute Gasteiger partial charge is 0.253 e. The second-order valence-corrected chi connectivity index (χ2v) is 9.16. The first-order valence-corrected chi connectivity index (χ1v) is 12.3. The predicted molar refractivity (Wildman–Crippen MR) is 150 cm³/mol. The molecule has 0 spiro atoms. The van der Waals surface area contributed by atoms with Crippen LogP contribution in [0.2, 0.25) is 0 Å². The quantitative estimate of drug-likeness (QED) is 0.307. The molecule has 6 nitrogen and oxygen atoms in total. The molecule has 0 atom stereocenters. The number of guanidine groups is 1. The Bertz CT molecular complexity index is 904. The molecule has 0 aliphatic carbocycles. The van der Waals surface area contributed by atoms with E-state index in [1.54, 1.807) is 0 Å². The molecule has 2 saturated heterocycles. The fourth-order valence-corrected chi connectivity index (χ4v) is 4.70. The highest BCUT2D eigenvalue weighted by Crippen LogP contribution is 2.15. The SMILES string of the molecule is CN=C(NCc1ccc(C(=O)N2CCCCC2)cc1)NC1CCN(Cc2ccccc2)CC1.I. The zero-order valence-corrected chi connectivity index (χ0v) is 22.5. The number of nitrogens with one attached hydrogen (secondary N) is 2. The van der Waals surface area contributed by atoms with Crippen LogP contribution in [0.15, 0.2) is 59.6 Å². The van der Waals surface area contributed by atoms with Crippen LogP contribution in [0.25, 0.3) is 0 Å². The van der Waals surface area contributed by atoms with E-state index in [2.05, 4.69) is 50.9 Å². The number of rotatable bonds is 6. The Morgan fingerprint density at radius 3 is 2.24 bits per heavy atom. The number of hydrogen-bond acceptors (Lipinski definition) is 3. The summed E-state index contributed by atoms with van der Waals surface area (Å²) < 4.78 is 0. The lowest BCUT2D eigenvalue weighted by atomic mass is 10.0. The van der Waals surface area contributed by atoms with Crippen LogP contribution in [0.4, 0.5) is 0 Å². The number of likely N-dealkylation sites (tertiary alicyclic amines) is 2. The molecule has 2 fully saturated rings. The van der Waals surface area contributed by atoms with Crippen LogP contribution in [0.1, 0.15) is 53.6 Å². The molecule has 4 rings (SSSR count). The fourth-order valence-electron chi connectivity index (χ4n) is 4.70. The van der Waals surface area contributed by atoms with Gasteiger partial charge in [0.05, 0.1) is 0 Å². The average Bonchev–Trinajstić information content (AvgIpc) is 2.88. The second-order valence-electron chi connectivity index (χ2n) is 9.16. The number of amides is 1. The highest BCUT2D eigenvalue weighted by atomic mass is 127. The van der Waals surface area contributed by atoms with Crippen molar-refractivity contribution in [2.45, 2.75) is 51.2 Å². The largest absolute Gasteiger partial charge is 0.354 e. The van der Waals surface area contributed by atoms with Crippen molar-refractivity contribution in [3.05, 3.63) is 71.3 Å². The zero-order valence-electron chi connectivity index (χ0n) is 20.2. The summed E-state index contributed by atoms with van der Waals surface area (Å²) in [5.41, 5.74) is 3.31. The molecule has 184 valence electrons. The van der Waals surface area contributed by atoms with Gasteiger partial charge in [0.15, 0.2) is 5.96 Å². The minimum atomic E-state index is 0. The van der Waals surface area contributed by atoms with Crippen LogP contribution >= 0.6 is 24.0 Å². The summed E-state index contributed by atoms with van der Waals surface area (Å²) in [6.45, 7) is 5.66. The van der Waals surface area contributed by atoms with E-state index < -0.39 is 0 Å². The molecule has 0 saturated carbocycles. The van der Waals surface area contributed by atoms with E-state index in [1.165, 1.54) is 12.0 Å². The topological polar surface area (TPSA) is 60.0 Å². The van der Waals surface area contributed by atoms with Crippen LogP contribution in [-0.2, 0) is 13.1 Å². The Kier molecular flexibility index (Phi) is 10.7. The number of carbonyl (C=O) groups is 1. The van der Waals surface area contributed by atoms with Crippen molar-refractivity contribution in [2.24, 2.45) is 4.99 Å².